The van der Waals surface area contributed by atoms with Crippen molar-refractivity contribution in [1.29, 1.82) is 0 Å². The van der Waals surface area contributed by atoms with Gasteiger partial charge in [-0.2, -0.15) is 0 Å². The average molecular weight is 265 g/mol. The third kappa shape index (κ3) is 2.67. The Morgan fingerprint density at radius 1 is 1.54 bits per heavy atom. The van der Waals surface area contributed by atoms with Gasteiger partial charge in [0.2, 0.25) is 0 Å². The van der Waals surface area contributed by atoms with Crippen LogP contribution in [0.1, 0.15) is 5.56 Å². The van der Waals surface area contributed by atoms with Crippen LogP contribution in [0, 0.1) is 10.1 Å². The number of hydrogen-bond donors (Lipinski definition) is 0. The molecule has 3 nitrogen and oxygen atoms in total. The Bertz CT molecular complexity index is 330. The summed E-state index contributed by atoms with van der Waals surface area (Å²) in [6, 6.07) is 4.46. The third-order valence-corrected chi connectivity index (χ3v) is 2.37. The first-order valence-corrected chi connectivity index (χ1v) is 5.14. The Hall–Kier alpha value is -0.610. The van der Waals surface area contributed by atoms with E-state index in [0.29, 0.717) is 11.4 Å². The van der Waals surface area contributed by atoms with E-state index in [9.17, 15) is 10.1 Å². The second-order valence-corrected chi connectivity index (χ2v) is 3.67. The van der Waals surface area contributed by atoms with Crippen molar-refractivity contribution < 1.29 is 4.92 Å². The number of nitro benzene ring substituents is 1. The highest BCUT2D eigenvalue weighted by molar-refractivity contribution is 9.09. The van der Waals surface area contributed by atoms with Gasteiger partial charge in [-0.25, -0.2) is 0 Å². The van der Waals surface area contributed by atoms with Gasteiger partial charge in [-0.1, -0.05) is 27.5 Å². The van der Waals surface area contributed by atoms with E-state index in [2.05, 4.69) is 15.9 Å². The summed E-state index contributed by atoms with van der Waals surface area (Å²) in [4.78, 5) is 10.00. The van der Waals surface area contributed by atoms with Crippen LogP contribution in [0.25, 0.3) is 0 Å². The first-order chi connectivity index (χ1) is 6.15. The molecule has 0 atom stereocenters. The molecule has 0 N–H and O–H groups in total. The van der Waals surface area contributed by atoms with Gasteiger partial charge in [-0.3, -0.25) is 10.1 Å². The molecule has 0 bridgehead atoms. The smallest absolute Gasteiger partial charge is 0.258 e. The predicted octanol–water partition coefficient (Wildman–Crippen LogP) is 3.19. The van der Waals surface area contributed by atoms with E-state index < -0.39 is 4.92 Å². The van der Waals surface area contributed by atoms with Gasteiger partial charge < -0.3 is 0 Å². The Morgan fingerprint density at radius 3 is 2.77 bits per heavy atom. The zero-order valence-electron chi connectivity index (χ0n) is 6.67. The number of alkyl halides is 1. The molecule has 70 valence electrons. The molecule has 0 aliphatic rings. The van der Waals surface area contributed by atoms with E-state index in [1.165, 1.54) is 12.1 Å². The summed E-state index contributed by atoms with van der Waals surface area (Å²) in [7, 11) is 0. The van der Waals surface area contributed by atoms with E-state index >= 15 is 0 Å². The molecule has 5 heteroatoms. The second-order valence-electron chi connectivity index (χ2n) is 2.47. The summed E-state index contributed by atoms with van der Waals surface area (Å²) in [6.07, 6.45) is 0.695. The molecule has 0 radical (unpaired) electrons. The van der Waals surface area contributed by atoms with Crippen LogP contribution < -0.4 is 0 Å². The molecule has 0 aliphatic heterocycles. The topological polar surface area (TPSA) is 43.1 Å². The largest absolute Gasteiger partial charge is 0.269 e. The number of nitro groups is 1. The predicted molar refractivity (Wildman–Crippen MR) is 55.6 cm³/mol. The lowest BCUT2D eigenvalue weighted by molar-refractivity contribution is -0.384. The standard InChI is InChI=1S/C8H7BrClNO2/c9-4-3-6-5-7(11(12)13)1-2-8(6)10/h1-2,5H,3-4H2. The molecule has 1 rings (SSSR count). The highest BCUT2D eigenvalue weighted by atomic mass is 79.9. The van der Waals surface area contributed by atoms with Crippen molar-refractivity contribution >= 4 is 33.2 Å². The Morgan fingerprint density at radius 2 is 2.23 bits per heavy atom. The van der Waals surface area contributed by atoms with Crippen molar-refractivity contribution in [2.75, 3.05) is 5.33 Å². The quantitative estimate of drug-likeness (QED) is 0.478. The van der Waals surface area contributed by atoms with Crippen molar-refractivity contribution in [3.05, 3.63) is 38.9 Å². The molecule has 1 aromatic rings. The van der Waals surface area contributed by atoms with E-state index in [1.54, 1.807) is 6.07 Å². The highest BCUT2D eigenvalue weighted by Crippen LogP contribution is 2.22. The number of halogens is 2. The zero-order chi connectivity index (χ0) is 9.84. The van der Waals surface area contributed by atoms with Crippen molar-refractivity contribution in [2.24, 2.45) is 0 Å². The number of rotatable bonds is 3. The minimum Gasteiger partial charge on any atom is -0.258 e. The Labute approximate surface area is 89.0 Å². The number of nitrogens with zero attached hydrogens (tertiary/aromatic N) is 1. The van der Waals surface area contributed by atoms with Crippen molar-refractivity contribution in [3.63, 3.8) is 0 Å². The first-order valence-electron chi connectivity index (χ1n) is 3.64. The van der Waals surface area contributed by atoms with Crippen LogP contribution in [-0.4, -0.2) is 10.3 Å². The first kappa shape index (κ1) is 10.5. The molecule has 1 aromatic carbocycles. The molecule has 0 amide bonds. The van der Waals surface area contributed by atoms with Crippen LogP contribution in [-0.2, 0) is 6.42 Å². The van der Waals surface area contributed by atoms with E-state index in [1.807, 2.05) is 0 Å². The van der Waals surface area contributed by atoms with Crippen LogP contribution >= 0.6 is 27.5 Å². The van der Waals surface area contributed by atoms with Crippen molar-refractivity contribution in [2.45, 2.75) is 6.42 Å². The summed E-state index contributed by atoms with van der Waals surface area (Å²) >= 11 is 9.09. The molecule has 0 saturated carbocycles. The normalized spacial score (nSPS) is 10.0. The summed E-state index contributed by atoms with van der Waals surface area (Å²) in [5.74, 6) is 0. The van der Waals surface area contributed by atoms with Gasteiger partial charge in [0.25, 0.3) is 5.69 Å². The van der Waals surface area contributed by atoms with E-state index in [4.69, 9.17) is 11.6 Å². The molecule has 0 spiro atoms. The molecular weight excluding hydrogens is 257 g/mol. The maximum absolute atomic E-state index is 10.4. The van der Waals surface area contributed by atoms with E-state index in [-0.39, 0.29) is 5.69 Å². The minimum absolute atomic E-state index is 0.0837. The summed E-state index contributed by atoms with van der Waals surface area (Å²) < 4.78 is 0. The lowest BCUT2D eigenvalue weighted by Gasteiger charge is -2.00. The second kappa shape index (κ2) is 4.58. The molecule has 0 unspecified atom stereocenters. The van der Waals surface area contributed by atoms with Crippen LogP contribution in [0.4, 0.5) is 5.69 Å². The van der Waals surface area contributed by atoms with Crippen LogP contribution in [0.3, 0.4) is 0 Å². The van der Waals surface area contributed by atoms with Gasteiger partial charge in [-0.05, 0) is 18.1 Å². The molecule has 0 fully saturated rings. The van der Waals surface area contributed by atoms with Gasteiger partial charge in [-0.15, -0.1) is 0 Å². The molecule has 0 aliphatic carbocycles. The molecule has 0 heterocycles. The van der Waals surface area contributed by atoms with Gasteiger partial charge in [0, 0.05) is 22.5 Å². The molecule has 0 aromatic heterocycles. The number of aryl methyl sites for hydroxylation is 1. The summed E-state index contributed by atoms with van der Waals surface area (Å²) in [5, 5.41) is 11.7. The lowest BCUT2D eigenvalue weighted by atomic mass is 10.1. The van der Waals surface area contributed by atoms with Crippen LogP contribution in [0.2, 0.25) is 5.02 Å². The summed E-state index contributed by atoms with van der Waals surface area (Å²) in [6.45, 7) is 0. The summed E-state index contributed by atoms with van der Waals surface area (Å²) in [5.41, 5.74) is 0.882. The van der Waals surface area contributed by atoms with Gasteiger partial charge in [0.15, 0.2) is 0 Å². The molecule has 0 saturated heterocycles. The fraction of sp³-hybridized carbons (Fsp3) is 0.250. The zero-order valence-corrected chi connectivity index (χ0v) is 9.01. The van der Waals surface area contributed by atoms with Crippen LogP contribution in [0.15, 0.2) is 18.2 Å². The number of hydrogen-bond acceptors (Lipinski definition) is 2. The maximum Gasteiger partial charge on any atom is 0.269 e. The van der Waals surface area contributed by atoms with Gasteiger partial charge in [0.05, 0.1) is 4.92 Å². The highest BCUT2D eigenvalue weighted by Gasteiger charge is 2.08. The van der Waals surface area contributed by atoms with Crippen molar-refractivity contribution in [3.8, 4) is 0 Å². The molecular formula is C8H7BrClNO2. The fourth-order valence-electron chi connectivity index (χ4n) is 0.968. The minimum atomic E-state index is -0.423. The van der Waals surface area contributed by atoms with Gasteiger partial charge in [0.1, 0.15) is 0 Å². The SMILES string of the molecule is O=[N+]([O-])c1ccc(Cl)c(CCBr)c1. The monoisotopic (exact) mass is 263 g/mol. The molecule has 13 heavy (non-hydrogen) atoms. The third-order valence-electron chi connectivity index (χ3n) is 1.60. The van der Waals surface area contributed by atoms with Gasteiger partial charge >= 0.3 is 0 Å². The lowest BCUT2D eigenvalue weighted by Crippen LogP contribution is -1.92. The Kier molecular flexibility index (Phi) is 3.69. The maximum atomic E-state index is 10.4. The fourth-order valence-corrected chi connectivity index (χ4v) is 1.61. The van der Waals surface area contributed by atoms with Crippen molar-refractivity contribution in [1.82, 2.24) is 0 Å². The Balaban J connectivity index is 3.03. The van der Waals surface area contributed by atoms with E-state index in [0.717, 1.165) is 10.9 Å². The number of benzene rings is 1. The van der Waals surface area contributed by atoms with Crippen LogP contribution in [0.5, 0.6) is 0 Å². The number of non-ortho nitro benzene ring substituents is 1. The average Bonchev–Trinajstić information content (AvgIpc) is 2.08.